The zero-order chi connectivity index (χ0) is 9.10. The molecule has 2 fully saturated rings. The summed E-state index contributed by atoms with van der Waals surface area (Å²) in [6.07, 6.45) is 11.3. The van der Waals surface area contributed by atoms with Crippen molar-refractivity contribution in [3.8, 4) is 0 Å². The maximum absolute atomic E-state index is 9.86. The standard InChI is InChI=1S/C12H20O/c13-12-9-5-4-8-11(12)10-6-2-1-3-7-10/h12-13H,1-9H2. The molecule has 2 aliphatic carbocycles. The van der Waals surface area contributed by atoms with Gasteiger partial charge in [0.1, 0.15) is 0 Å². The van der Waals surface area contributed by atoms with Crippen molar-refractivity contribution in [2.45, 2.75) is 63.9 Å². The molecule has 0 heterocycles. The molecule has 0 radical (unpaired) electrons. The van der Waals surface area contributed by atoms with Crippen LogP contribution >= 0.6 is 0 Å². The molecule has 1 unspecified atom stereocenters. The Balaban J connectivity index is 2.09. The van der Waals surface area contributed by atoms with E-state index in [0.29, 0.717) is 0 Å². The molecule has 0 aliphatic heterocycles. The van der Waals surface area contributed by atoms with Gasteiger partial charge in [0, 0.05) is 0 Å². The molecule has 1 heteroatoms. The van der Waals surface area contributed by atoms with Gasteiger partial charge in [-0.3, -0.25) is 0 Å². The topological polar surface area (TPSA) is 20.2 Å². The van der Waals surface area contributed by atoms with Crippen LogP contribution in [0.3, 0.4) is 0 Å². The highest BCUT2D eigenvalue weighted by atomic mass is 16.3. The second-order valence-electron chi connectivity index (χ2n) is 4.45. The number of hydrogen-bond acceptors (Lipinski definition) is 1. The molecule has 74 valence electrons. The van der Waals surface area contributed by atoms with Crippen LogP contribution < -0.4 is 0 Å². The summed E-state index contributed by atoms with van der Waals surface area (Å²) in [6.45, 7) is 0. The Labute approximate surface area is 80.8 Å². The third kappa shape index (κ3) is 2.14. The minimum absolute atomic E-state index is 0.0816. The van der Waals surface area contributed by atoms with Crippen LogP contribution in [0, 0.1) is 0 Å². The van der Waals surface area contributed by atoms with Crippen LogP contribution in [0.5, 0.6) is 0 Å². The van der Waals surface area contributed by atoms with E-state index in [2.05, 4.69) is 0 Å². The van der Waals surface area contributed by atoms with E-state index in [9.17, 15) is 5.11 Å². The maximum Gasteiger partial charge on any atom is 0.0752 e. The van der Waals surface area contributed by atoms with Crippen molar-refractivity contribution >= 4 is 0 Å². The molecule has 0 aromatic heterocycles. The van der Waals surface area contributed by atoms with Crippen LogP contribution in [-0.2, 0) is 0 Å². The molecule has 0 amide bonds. The van der Waals surface area contributed by atoms with Crippen molar-refractivity contribution in [1.82, 2.24) is 0 Å². The molecule has 2 rings (SSSR count). The molecular weight excluding hydrogens is 160 g/mol. The van der Waals surface area contributed by atoms with E-state index >= 15 is 0 Å². The van der Waals surface area contributed by atoms with Crippen molar-refractivity contribution in [1.29, 1.82) is 0 Å². The lowest BCUT2D eigenvalue weighted by Gasteiger charge is -2.26. The highest BCUT2D eigenvalue weighted by molar-refractivity contribution is 5.20. The summed E-state index contributed by atoms with van der Waals surface area (Å²) in [6, 6.07) is 0. The Bertz CT molecular complexity index is 197. The lowest BCUT2D eigenvalue weighted by atomic mass is 9.83. The van der Waals surface area contributed by atoms with Gasteiger partial charge in [-0.05, 0) is 50.5 Å². The predicted octanol–water partition coefficient (Wildman–Crippen LogP) is 3.18. The Morgan fingerprint density at radius 1 is 0.846 bits per heavy atom. The summed E-state index contributed by atoms with van der Waals surface area (Å²) in [5.41, 5.74) is 3.03. The van der Waals surface area contributed by atoms with Gasteiger partial charge in [0.2, 0.25) is 0 Å². The molecule has 2 saturated carbocycles. The first-order valence-electron chi connectivity index (χ1n) is 5.77. The molecule has 1 nitrogen and oxygen atoms in total. The second kappa shape index (κ2) is 4.28. The molecular formula is C12H20O. The van der Waals surface area contributed by atoms with Crippen LogP contribution in [0.2, 0.25) is 0 Å². The fraction of sp³-hybridized carbons (Fsp3) is 0.833. The molecule has 0 aromatic rings. The summed E-state index contributed by atoms with van der Waals surface area (Å²) in [7, 11) is 0. The van der Waals surface area contributed by atoms with Gasteiger partial charge in [0.05, 0.1) is 6.10 Å². The number of hydrogen-bond donors (Lipinski definition) is 1. The second-order valence-corrected chi connectivity index (χ2v) is 4.45. The lowest BCUT2D eigenvalue weighted by Crippen LogP contribution is -2.18. The summed E-state index contributed by atoms with van der Waals surface area (Å²) in [4.78, 5) is 0. The zero-order valence-corrected chi connectivity index (χ0v) is 8.39. The van der Waals surface area contributed by atoms with Crippen LogP contribution in [0.25, 0.3) is 0 Å². The number of allylic oxidation sites excluding steroid dienone is 1. The van der Waals surface area contributed by atoms with Gasteiger partial charge in [-0.1, -0.05) is 18.4 Å². The first kappa shape index (κ1) is 9.26. The molecule has 0 bridgehead atoms. The van der Waals surface area contributed by atoms with Crippen molar-refractivity contribution in [3.05, 3.63) is 11.1 Å². The van der Waals surface area contributed by atoms with Crippen LogP contribution in [0.1, 0.15) is 57.8 Å². The third-order valence-electron chi connectivity index (χ3n) is 3.49. The summed E-state index contributed by atoms with van der Waals surface area (Å²) in [5.74, 6) is 0. The largest absolute Gasteiger partial charge is 0.389 e. The number of aliphatic hydroxyl groups is 1. The van der Waals surface area contributed by atoms with Gasteiger partial charge in [-0.2, -0.15) is 0 Å². The Kier molecular flexibility index (Phi) is 3.05. The van der Waals surface area contributed by atoms with Gasteiger partial charge in [0.15, 0.2) is 0 Å². The van der Waals surface area contributed by atoms with Gasteiger partial charge >= 0.3 is 0 Å². The van der Waals surface area contributed by atoms with Gasteiger partial charge < -0.3 is 5.11 Å². The number of rotatable bonds is 0. The Morgan fingerprint density at radius 3 is 2.23 bits per heavy atom. The van der Waals surface area contributed by atoms with Crippen LogP contribution in [0.15, 0.2) is 11.1 Å². The molecule has 0 aromatic carbocycles. The van der Waals surface area contributed by atoms with Crippen molar-refractivity contribution < 1.29 is 5.11 Å². The molecule has 0 spiro atoms. The highest BCUT2D eigenvalue weighted by Crippen LogP contribution is 2.33. The molecule has 0 saturated heterocycles. The predicted molar refractivity (Wildman–Crippen MR) is 54.6 cm³/mol. The van der Waals surface area contributed by atoms with E-state index in [4.69, 9.17) is 0 Å². The van der Waals surface area contributed by atoms with Crippen molar-refractivity contribution in [3.63, 3.8) is 0 Å². The molecule has 1 atom stereocenters. The van der Waals surface area contributed by atoms with Crippen LogP contribution in [0.4, 0.5) is 0 Å². The summed E-state index contributed by atoms with van der Waals surface area (Å²) in [5, 5.41) is 9.86. The monoisotopic (exact) mass is 180 g/mol. The lowest BCUT2D eigenvalue weighted by molar-refractivity contribution is 0.176. The minimum Gasteiger partial charge on any atom is -0.389 e. The first-order valence-corrected chi connectivity index (χ1v) is 5.77. The summed E-state index contributed by atoms with van der Waals surface area (Å²) < 4.78 is 0. The van der Waals surface area contributed by atoms with E-state index in [0.717, 1.165) is 6.42 Å². The van der Waals surface area contributed by atoms with Crippen LogP contribution in [-0.4, -0.2) is 11.2 Å². The third-order valence-corrected chi connectivity index (χ3v) is 3.49. The fourth-order valence-electron chi connectivity index (χ4n) is 2.71. The van der Waals surface area contributed by atoms with E-state index in [1.165, 1.54) is 56.9 Å². The summed E-state index contributed by atoms with van der Waals surface area (Å²) >= 11 is 0. The van der Waals surface area contributed by atoms with Gasteiger partial charge in [-0.15, -0.1) is 0 Å². The van der Waals surface area contributed by atoms with E-state index in [1.807, 2.05) is 0 Å². The highest BCUT2D eigenvalue weighted by Gasteiger charge is 2.20. The Morgan fingerprint density at radius 2 is 1.54 bits per heavy atom. The minimum atomic E-state index is -0.0816. The van der Waals surface area contributed by atoms with Crippen molar-refractivity contribution in [2.24, 2.45) is 0 Å². The quantitative estimate of drug-likeness (QED) is 0.568. The zero-order valence-electron chi connectivity index (χ0n) is 8.39. The average Bonchev–Trinajstić information content (AvgIpc) is 2.20. The average molecular weight is 180 g/mol. The van der Waals surface area contributed by atoms with Crippen molar-refractivity contribution in [2.75, 3.05) is 0 Å². The molecule has 2 aliphatic rings. The SMILES string of the molecule is OC1CCCCC1=C1CCCCC1. The van der Waals surface area contributed by atoms with E-state index in [-0.39, 0.29) is 6.10 Å². The van der Waals surface area contributed by atoms with Gasteiger partial charge in [-0.25, -0.2) is 0 Å². The van der Waals surface area contributed by atoms with Gasteiger partial charge in [0.25, 0.3) is 0 Å². The molecule has 1 N–H and O–H groups in total. The van der Waals surface area contributed by atoms with E-state index in [1.54, 1.807) is 5.57 Å². The molecule has 13 heavy (non-hydrogen) atoms. The first-order chi connectivity index (χ1) is 6.38. The van der Waals surface area contributed by atoms with E-state index < -0.39 is 0 Å². The normalized spacial score (nSPS) is 30.7. The fourth-order valence-corrected chi connectivity index (χ4v) is 2.71. The number of aliphatic hydroxyl groups excluding tert-OH is 1. The maximum atomic E-state index is 9.86. The smallest absolute Gasteiger partial charge is 0.0752 e. The Hall–Kier alpha value is -0.300.